The number of halogens is 1. The molecule has 0 unspecified atom stereocenters. The van der Waals surface area contributed by atoms with Crippen molar-refractivity contribution in [3.63, 3.8) is 0 Å². The van der Waals surface area contributed by atoms with Gasteiger partial charge in [0.15, 0.2) is 5.65 Å². The maximum absolute atomic E-state index is 13.3. The van der Waals surface area contributed by atoms with Crippen molar-refractivity contribution in [3.05, 3.63) is 70.8 Å². The van der Waals surface area contributed by atoms with E-state index in [4.69, 9.17) is 11.6 Å². The number of carbonyl (C=O) groups excluding carboxylic acids is 1. The minimum Gasteiger partial charge on any atom is -0.336 e. The van der Waals surface area contributed by atoms with Crippen molar-refractivity contribution in [2.24, 2.45) is 0 Å². The number of amides is 1. The van der Waals surface area contributed by atoms with Gasteiger partial charge >= 0.3 is 0 Å². The molecule has 0 atom stereocenters. The normalized spacial score (nSPS) is 14.8. The standard InChI is InChI=1S/C24H26ClN7O/c1-3-31-16-20(17(2)28-31)22-8-9-26-23-19(14-27-32(22)23)24(33)30-12-10-29(11-13-30)15-18-6-4-5-7-21(18)25/h4-9,14,16H,3,10-13,15H2,1-2H3. The Morgan fingerprint density at radius 1 is 1.12 bits per heavy atom. The molecule has 1 aliphatic heterocycles. The van der Waals surface area contributed by atoms with Gasteiger partial charge in [-0.25, -0.2) is 9.50 Å². The van der Waals surface area contributed by atoms with E-state index in [9.17, 15) is 4.79 Å². The van der Waals surface area contributed by atoms with Crippen LogP contribution in [-0.2, 0) is 13.1 Å². The summed E-state index contributed by atoms with van der Waals surface area (Å²) in [4.78, 5) is 22.0. The molecule has 1 aromatic carbocycles. The fraction of sp³-hybridized carbons (Fsp3) is 0.333. The maximum Gasteiger partial charge on any atom is 0.259 e. The molecule has 0 saturated carbocycles. The Labute approximate surface area is 197 Å². The molecule has 4 heterocycles. The van der Waals surface area contributed by atoms with Crippen LogP contribution in [0.1, 0.15) is 28.5 Å². The van der Waals surface area contributed by atoms with Crippen LogP contribution >= 0.6 is 11.6 Å². The van der Waals surface area contributed by atoms with E-state index < -0.39 is 0 Å². The number of fused-ring (bicyclic) bond motifs is 1. The second kappa shape index (κ2) is 8.96. The maximum atomic E-state index is 13.3. The summed E-state index contributed by atoms with van der Waals surface area (Å²) in [5.41, 5.74) is 4.99. The van der Waals surface area contributed by atoms with Crippen molar-refractivity contribution in [3.8, 4) is 11.3 Å². The summed E-state index contributed by atoms with van der Waals surface area (Å²) in [5.74, 6) is -0.0342. The minimum atomic E-state index is -0.0342. The van der Waals surface area contributed by atoms with Gasteiger partial charge in [0.2, 0.25) is 0 Å². The Bertz CT molecular complexity index is 1300. The molecule has 0 N–H and O–H groups in total. The summed E-state index contributed by atoms with van der Waals surface area (Å²) in [6, 6.07) is 9.81. The van der Waals surface area contributed by atoms with Crippen LogP contribution in [0.4, 0.5) is 0 Å². The van der Waals surface area contributed by atoms with Crippen molar-refractivity contribution >= 4 is 23.2 Å². The Hall–Kier alpha value is -3.23. The van der Waals surface area contributed by atoms with Crippen molar-refractivity contribution < 1.29 is 4.79 Å². The zero-order chi connectivity index (χ0) is 22.9. The van der Waals surface area contributed by atoms with Gasteiger partial charge in [-0.15, -0.1) is 0 Å². The van der Waals surface area contributed by atoms with Gasteiger partial charge < -0.3 is 4.90 Å². The van der Waals surface area contributed by atoms with Crippen LogP contribution in [0, 0.1) is 6.92 Å². The van der Waals surface area contributed by atoms with E-state index in [1.54, 1.807) is 16.9 Å². The average molecular weight is 464 g/mol. The number of aryl methyl sites for hydroxylation is 2. The molecule has 1 saturated heterocycles. The summed E-state index contributed by atoms with van der Waals surface area (Å²) in [5, 5.41) is 9.83. The number of hydrogen-bond acceptors (Lipinski definition) is 5. The third-order valence-electron chi connectivity index (χ3n) is 6.19. The Balaban J connectivity index is 1.33. The minimum absolute atomic E-state index is 0.0342. The first kappa shape index (κ1) is 21.6. The van der Waals surface area contributed by atoms with Gasteiger partial charge in [-0.05, 0) is 31.5 Å². The number of benzene rings is 1. The first-order chi connectivity index (χ1) is 16.0. The largest absolute Gasteiger partial charge is 0.336 e. The lowest BCUT2D eigenvalue weighted by Gasteiger charge is -2.34. The number of aromatic nitrogens is 5. The molecule has 1 fully saturated rings. The molecule has 0 spiro atoms. The van der Waals surface area contributed by atoms with Gasteiger partial charge in [0.1, 0.15) is 5.56 Å². The smallest absolute Gasteiger partial charge is 0.259 e. The third kappa shape index (κ3) is 4.12. The SMILES string of the molecule is CCn1cc(-c2ccnc3c(C(=O)N4CCN(Cc5ccccc5Cl)CC4)cnn23)c(C)n1. The second-order valence-corrected chi connectivity index (χ2v) is 8.67. The van der Waals surface area contributed by atoms with Crippen LogP contribution in [0.3, 0.4) is 0 Å². The highest BCUT2D eigenvalue weighted by Gasteiger charge is 2.26. The molecule has 0 aliphatic carbocycles. The predicted molar refractivity (Wildman–Crippen MR) is 127 cm³/mol. The molecule has 0 radical (unpaired) electrons. The monoisotopic (exact) mass is 463 g/mol. The van der Waals surface area contributed by atoms with Gasteiger partial charge in [0, 0.05) is 62.2 Å². The second-order valence-electron chi connectivity index (χ2n) is 8.27. The van der Waals surface area contributed by atoms with Crippen LogP contribution < -0.4 is 0 Å². The molecule has 170 valence electrons. The molecule has 1 aliphatic rings. The van der Waals surface area contributed by atoms with E-state index in [0.717, 1.165) is 53.7 Å². The Kier molecular flexibility index (Phi) is 5.86. The fourth-order valence-electron chi connectivity index (χ4n) is 4.32. The fourth-order valence-corrected chi connectivity index (χ4v) is 4.52. The van der Waals surface area contributed by atoms with Crippen LogP contribution in [0.2, 0.25) is 5.02 Å². The molecule has 8 nitrogen and oxygen atoms in total. The third-order valence-corrected chi connectivity index (χ3v) is 6.56. The quantitative estimate of drug-likeness (QED) is 0.452. The Morgan fingerprint density at radius 2 is 1.91 bits per heavy atom. The van der Waals surface area contributed by atoms with E-state index in [2.05, 4.69) is 27.0 Å². The number of piperazine rings is 1. The number of nitrogens with zero attached hydrogens (tertiary/aromatic N) is 7. The van der Waals surface area contributed by atoms with E-state index in [1.165, 1.54) is 0 Å². The van der Waals surface area contributed by atoms with E-state index in [-0.39, 0.29) is 5.91 Å². The number of rotatable bonds is 5. The van der Waals surface area contributed by atoms with Gasteiger partial charge in [-0.1, -0.05) is 29.8 Å². The first-order valence-corrected chi connectivity index (χ1v) is 11.5. The van der Waals surface area contributed by atoms with Gasteiger partial charge in [-0.3, -0.25) is 14.4 Å². The summed E-state index contributed by atoms with van der Waals surface area (Å²) in [6.45, 7) is 8.51. The Morgan fingerprint density at radius 3 is 2.64 bits per heavy atom. The van der Waals surface area contributed by atoms with Crippen LogP contribution in [0.15, 0.2) is 48.9 Å². The lowest BCUT2D eigenvalue weighted by molar-refractivity contribution is 0.0630. The molecular formula is C24H26ClN7O. The summed E-state index contributed by atoms with van der Waals surface area (Å²) in [6.07, 6.45) is 5.36. The van der Waals surface area contributed by atoms with Crippen LogP contribution in [0.25, 0.3) is 16.9 Å². The molecule has 3 aromatic heterocycles. The average Bonchev–Trinajstić information content (AvgIpc) is 3.44. The number of hydrogen-bond donors (Lipinski definition) is 0. The lowest BCUT2D eigenvalue weighted by Crippen LogP contribution is -2.48. The van der Waals surface area contributed by atoms with Crippen LogP contribution in [0.5, 0.6) is 0 Å². The summed E-state index contributed by atoms with van der Waals surface area (Å²) < 4.78 is 3.64. The highest BCUT2D eigenvalue weighted by atomic mass is 35.5. The van der Waals surface area contributed by atoms with E-state index in [1.807, 2.05) is 53.0 Å². The van der Waals surface area contributed by atoms with Crippen molar-refractivity contribution in [2.75, 3.05) is 26.2 Å². The van der Waals surface area contributed by atoms with Gasteiger partial charge in [0.05, 0.1) is 17.6 Å². The molecule has 9 heteroatoms. The van der Waals surface area contributed by atoms with Crippen LogP contribution in [-0.4, -0.2) is 66.3 Å². The van der Waals surface area contributed by atoms with E-state index in [0.29, 0.717) is 24.3 Å². The topological polar surface area (TPSA) is 71.6 Å². The van der Waals surface area contributed by atoms with Crippen molar-refractivity contribution in [1.82, 2.24) is 34.2 Å². The molecule has 33 heavy (non-hydrogen) atoms. The number of carbonyl (C=O) groups is 1. The lowest BCUT2D eigenvalue weighted by atomic mass is 10.1. The first-order valence-electron chi connectivity index (χ1n) is 11.2. The van der Waals surface area contributed by atoms with Crippen molar-refractivity contribution in [2.45, 2.75) is 26.9 Å². The highest BCUT2D eigenvalue weighted by molar-refractivity contribution is 6.31. The van der Waals surface area contributed by atoms with Crippen molar-refractivity contribution in [1.29, 1.82) is 0 Å². The molecule has 5 rings (SSSR count). The predicted octanol–water partition coefficient (Wildman–Crippen LogP) is 3.53. The summed E-state index contributed by atoms with van der Waals surface area (Å²) in [7, 11) is 0. The highest BCUT2D eigenvalue weighted by Crippen LogP contribution is 2.25. The summed E-state index contributed by atoms with van der Waals surface area (Å²) >= 11 is 6.31. The van der Waals surface area contributed by atoms with Gasteiger partial charge in [0.25, 0.3) is 5.91 Å². The molecular weight excluding hydrogens is 438 g/mol. The zero-order valence-electron chi connectivity index (χ0n) is 18.8. The molecule has 0 bridgehead atoms. The molecule has 4 aromatic rings. The zero-order valence-corrected chi connectivity index (χ0v) is 19.5. The molecule has 1 amide bonds. The van der Waals surface area contributed by atoms with Gasteiger partial charge in [-0.2, -0.15) is 10.2 Å². The van der Waals surface area contributed by atoms with E-state index >= 15 is 0 Å².